The second-order valence-electron chi connectivity index (χ2n) is 2.55. The summed E-state index contributed by atoms with van der Waals surface area (Å²) in [6.45, 7) is 3.28. The van der Waals surface area contributed by atoms with E-state index in [1.165, 1.54) is 0 Å². The van der Waals surface area contributed by atoms with Gasteiger partial charge in [-0.15, -0.1) is 0 Å². The number of hydroxylamine groups is 1. The molecule has 1 amide bonds. The summed E-state index contributed by atoms with van der Waals surface area (Å²) in [4.78, 5) is 15.9. The minimum absolute atomic E-state index is 0.0402. The van der Waals surface area contributed by atoms with Crippen molar-refractivity contribution in [3.05, 3.63) is 0 Å². The molecule has 4 heteroatoms. The Morgan fingerprint density at radius 2 is 2.64 bits per heavy atom. The van der Waals surface area contributed by atoms with Crippen LogP contribution < -0.4 is 10.8 Å². The molecule has 0 aromatic rings. The average Bonchev–Trinajstić information content (AvgIpc) is 2.52. The molecule has 1 aliphatic rings. The zero-order valence-electron chi connectivity index (χ0n) is 6.72. The summed E-state index contributed by atoms with van der Waals surface area (Å²) in [6.07, 6.45) is 1.99. The Morgan fingerprint density at radius 1 is 1.82 bits per heavy atom. The van der Waals surface area contributed by atoms with Gasteiger partial charge in [-0.25, -0.2) is 5.48 Å². The molecule has 0 spiro atoms. The highest BCUT2D eigenvalue weighted by atomic mass is 16.6. The van der Waals surface area contributed by atoms with Crippen LogP contribution in [0.15, 0.2) is 0 Å². The molecule has 4 nitrogen and oxygen atoms in total. The third-order valence-corrected chi connectivity index (χ3v) is 1.69. The normalized spacial score (nSPS) is 23.5. The maximum absolute atomic E-state index is 11.1. The molecule has 0 unspecified atom stereocenters. The fourth-order valence-corrected chi connectivity index (χ4v) is 1.12. The van der Waals surface area contributed by atoms with E-state index in [9.17, 15) is 4.79 Å². The van der Waals surface area contributed by atoms with Crippen molar-refractivity contribution in [2.45, 2.75) is 25.8 Å². The lowest BCUT2D eigenvalue weighted by atomic mass is 10.2. The van der Waals surface area contributed by atoms with Gasteiger partial charge in [-0.05, 0) is 26.3 Å². The van der Waals surface area contributed by atoms with E-state index in [1.807, 2.05) is 6.92 Å². The molecule has 1 saturated heterocycles. The van der Waals surface area contributed by atoms with Gasteiger partial charge >= 0.3 is 0 Å². The van der Waals surface area contributed by atoms with Gasteiger partial charge in [-0.3, -0.25) is 9.63 Å². The maximum Gasteiger partial charge on any atom is 0.260 e. The highest BCUT2D eigenvalue weighted by Gasteiger charge is 2.21. The smallest absolute Gasteiger partial charge is 0.260 e. The number of hydrogen-bond donors (Lipinski definition) is 2. The van der Waals surface area contributed by atoms with Gasteiger partial charge in [0.15, 0.2) is 0 Å². The van der Waals surface area contributed by atoms with Crippen LogP contribution in [0.4, 0.5) is 0 Å². The van der Waals surface area contributed by atoms with Crippen LogP contribution in [0, 0.1) is 0 Å². The molecule has 1 heterocycles. The van der Waals surface area contributed by atoms with Crippen molar-refractivity contribution in [3.8, 4) is 0 Å². The number of nitrogens with one attached hydrogen (secondary N) is 2. The van der Waals surface area contributed by atoms with Crippen LogP contribution in [0.2, 0.25) is 0 Å². The standard InChI is InChI=1S/C7H14N2O2/c1-2-11-9-7(10)6-4-3-5-8-6/h6,8H,2-5H2,1H3,(H,9,10)/t6-/m0/s1. The molecule has 1 rings (SSSR count). The summed E-state index contributed by atoms with van der Waals surface area (Å²) in [6, 6.07) is -0.0402. The number of rotatable bonds is 3. The number of carbonyl (C=O) groups is 1. The lowest BCUT2D eigenvalue weighted by molar-refractivity contribution is -0.134. The first-order valence-electron chi connectivity index (χ1n) is 3.99. The summed E-state index contributed by atoms with van der Waals surface area (Å²) < 4.78 is 0. The Balaban J connectivity index is 2.17. The lowest BCUT2D eigenvalue weighted by Gasteiger charge is -2.09. The van der Waals surface area contributed by atoms with Crippen molar-refractivity contribution in [2.75, 3.05) is 13.2 Å². The zero-order chi connectivity index (χ0) is 8.10. The maximum atomic E-state index is 11.1. The summed E-state index contributed by atoms with van der Waals surface area (Å²) >= 11 is 0. The second kappa shape index (κ2) is 4.31. The first kappa shape index (κ1) is 8.49. The Kier molecular flexibility index (Phi) is 3.32. The minimum atomic E-state index is -0.0515. The molecule has 1 fully saturated rings. The molecule has 0 aromatic heterocycles. The summed E-state index contributed by atoms with van der Waals surface area (Å²) in [5.41, 5.74) is 2.37. The van der Waals surface area contributed by atoms with Crippen LogP contribution in [0.5, 0.6) is 0 Å². The predicted octanol–water partition coefficient (Wildman–Crippen LogP) is -0.194. The number of hydrogen-bond acceptors (Lipinski definition) is 3. The Labute approximate surface area is 66.3 Å². The molecule has 0 radical (unpaired) electrons. The van der Waals surface area contributed by atoms with Crippen LogP contribution in [-0.2, 0) is 9.63 Å². The fraction of sp³-hybridized carbons (Fsp3) is 0.857. The van der Waals surface area contributed by atoms with E-state index < -0.39 is 0 Å². The van der Waals surface area contributed by atoms with Gasteiger partial charge < -0.3 is 5.32 Å². The van der Waals surface area contributed by atoms with E-state index in [1.54, 1.807) is 0 Å². The summed E-state index contributed by atoms with van der Waals surface area (Å²) in [7, 11) is 0. The fourth-order valence-electron chi connectivity index (χ4n) is 1.12. The highest BCUT2D eigenvalue weighted by molar-refractivity contribution is 5.80. The first-order valence-corrected chi connectivity index (χ1v) is 3.99. The summed E-state index contributed by atoms with van der Waals surface area (Å²) in [5, 5.41) is 3.07. The first-order chi connectivity index (χ1) is 5.34. The van der Waals surface area contributed by atoms with Crippen LogP contribution in [0.1, 0.15) is 19.8 Å². The molecular weight excluding hydrogens is 144 g/mol. The van der Waals surface area contributed by atoms with E-state index >= 15 is 0 Å². The molecule has 64 valence electrons. The summed E-state index contributed by atoms with van der Waals surface area (Å²) in [5.74, 6) is -0.0515. The van der Waals surface area contributed by atoms with Crippen molar-refractivity contribution in [1.82, 2.24) is 10.8 Å². The van der Waals surface area contributed by atoms with Gasteiger partial charge in [0.25, 0.3) is 5.91 Å². The highest BCUT2D eigenvalue weighted by Crippen LogP contribution is 2.03. The van der Waals surface area contributed by atoms with E-state index in [0.717, 1.165) is 19.4 Å². The van der Waals surface area contributed by atoms with E-state index in [4.69, 9.17) is 4.84 Å². The minimum Gasteiger partial charge on any atom is -0.306 e. The van der Waals surface area contributed by atoms with Crippen LogP contribution in [-0.4, -0.2) is 25.1 Å². The second-order valence-corrected chi connectivity index (χ2v) is 2.55. The van der Waals surface area contributed by atoms with Crippen molar-refractivity contribution < 1.29 is 9.63 Å². The molecule has 1 aliphatic heterocycles. The van der Waals surface area contributed by atoms with E-state index in [-0.39, 0.29) is 11.9 Å². The van der Waals surface area contributed by atoms with Crippen molar-refractivity contribution in [1.29, 1.82) is 0 Å². The third-order valence-electron chi connectivity index (χ3n) is 1.69. The topological polar surface area (TPSA) is 50.4 Å². The lowest BCUT2D eigenvalue weighted by Crippen LogP contribution is -2.40. The molecule has 2 N–H and O–H groups in total. The molecule has 0 saturated carbocycles. The predicted molar refractivity (Wildman–Crippen MR) is 40.8 cm³/mol. The van der Waals surface area contributed by atoms with Gasteiger partial charge in [0.2, 0.25) is 0 Å². The van der Waals surface area contributed by atoms with Gasteiger partial charge in [0, 0.05) is 0 Å². The number of carbonyl (C=O) groups excluding carboxylic acids is 1. The zero-order valence-corrected chi connectivity index (χ0v) is 6.72. The Morgan fingerprint density at radius 3 is 3.18 bits per heavy atom. The molecule has 0 aliphatic carbocycles. The average molecular weight is 158 g/mol. The monoisotopic (exact) mass is 158 g/mol. The number of amides is 1. The quantitative estimate of drug-likeness (QED) is 0.559. The molecule has 0 aromatic carbocycles. The van der Waals surface area contributed by atoms with Gasteiger partial charge in [-0.2, -0.15) is 0 Å². The van der Waals surface area contributed by atoms with Crippen molar-refractivity contribution >= 4 is 5.91 Å². The van der Waals surface area contributed by atoms with Gasteiger partial charge in [0.1, 0.15) is 0 Å². The van der Waals surface area contributed by atoms with Gasteiger partial charge in [-0.1, -0.05) is 0 Å². The van der Waals surface area contributed by atoms with Crippen LogP contribution in [0.3, 0.4) is 0 Å². The van der Waals surface area contributed by atoms with Crippen molar-refractivity contribution in [2.24, 2.45) is 0 Å². The molecule has 0 bridgehead atoms. The van der Waals surface area contributed by atoms with E-state index in [0.29, 0.717) is 6.61 Å². The molecular formula is C7H14N2O2. The van der Waals surface area contributed by atoms with Crippen LogP contribution in [0.25, 0.3) is 0 Å². The molecule has 11 heavy (non-hydrogen) atoms. The van der Waals surface area contributed by atoms with E-state index in [2.05, 4.69) is 10.8 Å². The van der Waals surface area contributed by atoms with Crippen molar-refractivity contribution in [3.63, 3.8) is 0 Å². The van der Waals surface area contributed by atoms with Crippen LogP contribution >= 0.6 is 0 Å². The Bertz CT molecular complexity index is 132. The Hall–Kier alpha value is -0.610. The SMILES string of the molecule is CCONC(=O)[C@@H]1CCCN1. The molecule has 1 atom stereocenters. The van der Waals surface area contributed by atoms with Gasteiger partial charge in [0.05, 0.1) is 12.6 Å². The largest absolute Gasteiger partial charge is 0.306 e. The third kappa shape index (κ3) is 2.48.